The lowest BCUT2D eigenvalue weighted by atomic mass is 10.00. The first-order chi connectivity index (χ1) is 8.65. The van der Waals surface area contributed by atoms with Gasteiger partial charge in [0.05, 0.1) is 11.4 Å². The van der Waals surface area contributed by atoms with Crippen LogP contribution in [0.4, 0.5) is 13.2 Å². The minimum absolute atomic E-state index is 0.0693. The van der Waals surface area contributed by atoms with Gasteiger partial charge in [-0.2, -0.15) is 13.2 Å². The summed E-state index contributed by atoms with van der Waals surface area (Å²) in [4.78, 5) is 1.18. The van der Waals surface area contributed by atoms with Gasteiger partial charge in [-0.3, -0.25) is 4.90 Å². The molecule has 19 heavy (non-hydrogen) atoms. The Kier molecular flexibility index (Phi) is 3.59. The van der Waals surface area contributed by atoms with Crippen LogP contribution < -0.4 is 5.14 Å². The van der Waals surface area contributed by atoms with Gasteiger partial charge < -0.3 is 0 Å². The minimum Gasteiger partial charge on any atom is -0.290 e. The van der Waals surface area contributed by atoms with E-state index in [4.69, 9.17) is 5.14 Å². The van der Waals surface area contributed by atoms with Crippen molar-refractivity contribution in [1.29, 1.82) is 0 Å². The van der Waals surface area contributed by atoms with Crippen LogP contribution in [0.3, 0.4) is 0 Å². The zero-order chi connectivity index (χ0) is 14.3. The van der Waals surface area contributed by atoms with E-state index in [-0.39, 0.29) is 11.4 Å². The van der Waals surface area contributed by atoms with Crippen molar-refractivity contribution in [3.63, 3.8) is 0 Å². The van der Waals surface area contributed by atoms with E-state index in [0.29, 0.717) is 18.5 Å². The predicted octanol–water partition coefficient (Wildman–Crippen LogP) is 1.25. The third kappa shape index (κ3) is 3.68. The Morgan fingerprint density at radius 2 is 1.95 bits per heavy atom. The fourth-order valence-corrected chi connectivity index (χ4v) is 2.72. The molecule has 0 atom stereocenters. The Hall–Kier alpha value is -1.12. The van der Waals surface area contributed by atoms with Crippen molar-refractivity contribution < 1.29 is 21.6 Å². The summed E-state index contributed by atoms with van der Waals surface area (Å²) in [5.74, 6) is 0. The summed E-state index contributed by atoms with van der Waals surface area (Å²) < 4.78 is 59.4. The number of fused-ring (bicyclic) bond motifs is 1. The van der Waals surface area contributed by atoms with Crippen LogP contribution in [-0.2, 0) is 23.0 Å². The van der Waals surface area contributed by atoms with E-state index in [2.05, 4.69) is 0 Å². The summed E-state index contributed by atoms with van der Waals surface area (Å²) in [6.45, 7) is -0.606. The number of benzene rings is 1. The molecule has 0 fully saturated rings. The molecule has 0 spiro atoms. The van der Waals surface area contributed by atoms with Crippen molar-refractivity contribution in [2.75, 3.05) is 13.1 Å². The normalized spacial score (nSPS) is 17.3. The SMILES string of the molecule is NS(=O)(=O)c1ccc2c(c1)CN(CC(F)(F)F)CC2. The second kappa shape index (κ2) is 4.77. The Bertz CT molecular complexity index is 584. The van der Waals surface area contributed by atoms with Crippen LogP contribution in [0.15, 0.2) is 23.1 Å². The molecule has 1 aromatic rings. The van der Waals surface area contributed by atoms with Gasteiger partial charge in [-0.05, 0) is 29.7 Å². The highest BCUT2D eigenvalue weighted by atomic mass is 32.2. The summed E-state index contributed by atoms with van der Waals surface area (Å²) in [6, 6.07) is 4.35. The molecule has 0 bridgehead atoms. The first kappa shape index (κ1) is 14.3. The molecule has 0 aromatic heterocycles. The van der Waals surface area contributed by atoms with E-state index in [1.807, 2.05) is 0 Å². The molecule has 1 aliphatic rings. The second-order valence-corrected chi connectivity index (χ2v) is 6.11. The lowest BCUT2D eigenvalue weighted by Gasteiger charge is -2.29. The van der Waals surface area contributed by atoms with Gasteiger partial charge >= 0.3 is 6.18 Å². The zero-order valence-electron chi connectivity index (χ0n) is 9.94. The largest absolute Gasteiger partial charge is 0.401 e. The van der Waals surface area contributed by atoms with Crippen molar-refractivity contribution in [3.8, 4) is 0 Å². The molecule has 0 unspecified atom stereocenters. The number of rotatable bonds is 2. The molecule has 0 saturated heterocycles. The first-order valence-corrected chi connectivity index (χ1v) is 7.13. The number of hydrogen-bond donors (Lipinski definition) is 1. The van der Waals surface area contributed by atoms with Gasteiger partial charge in [0.15, 0.2) is 0 Å². The monoisotopic (exact) mass is 294 g/mol. The Labute approximate surface area is 109 Å². The average Bonchev–Trinajstić information content (AvgIpc) is 2.24. The Morgan fingerprint density at radius 3 is 2.53 bits per heavy atom. The smallest absolute Gasteiger partial charge is 0.290 e. The quantitative estimate of drug-likeness (QED) is 0.893. The van der Waals surface area contributed by atoms with Gasteiger partial charge in [-0.15, -0.1) is 0 Å². The van der Waals surface area contributed by atoms with E-state index < -0.39 is 22.7 Å². The van der Waals surface area contributed by atoms with Crippen molar-refractivity contribution in [3.05, 3.63) is 29.3 Å². The number of primary sulfonamides is 1. The standard InChI is InChI=1S/C11H13F3N2O2S/c12-11(13,14)7-16-4-3-8-1-2-10(19(15,17)18)5-9(8)6-16/h1-2,5H,3-4,6-7H2,(H2,15,17,18). The Morgan fingerprint density at radius 1 is 1.26 bits per heavy atom. The topological polar surface area (TPSA) is 63.4 Å². The van der Waals surface area contributed by atoms with Gasteiger partial charge in [0.25, 0.3) is 0 Å². The predicted molar refractivity (Wildman–Crippen MR) is 62.9 cm³/mol. The van der Waals surface area contributed by atoms with Gasteiger partial charge in [-0.1, -0.05) is 6.07 Å². The molecule has 1 heterocycles. The maximum atomic E-state index is 12.3. The summed E-state index contributed by atoms with van der Waals surface area (Å²) in [5.41, 5.74) is 1.45. The number of nitrogens with zero attached hydrogens (tertiary/aromatic N) is 1. The molecule has 2 rings (SSSR count). The fourth-order valence-electron chi connectivity index (χ4n) is 2.16. The number of hydrogen-bond acceptors (Lipinski definition) is 3. The Balaban J connectivity index is 2.24. The maximum Gasteiger partial charge on any atom is 0.401 e. The van der Waals surface area contributed by atoms with Gasteiger partial charge in [0.2, 0.25) is 10.0 Å². The van der Waals surface area contributed by atoms with Crippen molar-refractivity contribution in [2.24, 2.45) is 5.14 Å². The van der Waals surface area contributed by atoms with Crippen LogP contribution in [0.1, 0.15) is 11.1 Å². The van der Waals surface area contributed by atoms with E-state index in [9.17, 15) is 21.6 Å². The van der Waals surface area contributed by atoms with E-state index in [1.54, 1.807) is 6.07 Å². The van der Waals surface area contributed by atoms with Gasteiger partial charge in [0, 0.05) is 13.1 Å². The van der Waals surface area contributed by atoms with E-state index in [1.165, 1.54) is 17.0 Å². The number of halogens is 3. The third-order valence-electron chi connectivity index (χ3n) is 3.00. The lowest BCUT2D eigenvalue weighted by molar-refractivity contribution is -0.147. The third-order valence-corrected chi connectivity index (χ3v) is 3.91. The van der Waals surface area contributed by atoms with Crippen molar-refractivity contribution in [2.45, 2.75) is 24.0 Å². The molecule has 1 aliphatic heterocycles. The first-order valence-electron chi connectivity index (χ1n) is 5.59. The molecule has 106 valence electrons. The molecule has 2 N–H and O–H groups in total. The lowest BCUT2D eigenvalue weighted by Crippen LogP contribution is -2.38. The van der Waals surface area contributed by atoms with Crippen LogP contribution in [0, 0.1) is 0 Å². The molecule has 1 aromatic carbocycles. The van der Waals surface area contributed by atoms with Crippen LogP contribution >= 0.6 is 0 Å². The molecule has 4 nitrogen and oxygen atoms in total. The van der Waals surface area contributed by atoms with E-state index >= 15 is 0 Å². The fraction of sp³-hybridized carbons (Fsp3) is 0.455. The summed E-state index contributed by atoms with van der Waals surface area (Å²) >= 11 is 0. The van der Waals surface area contributed by atoms with Gasteiger partial charge in [-0.25, -0.2) is 13.6 Å². The number of alkyl halides is 3. The summed E-state index contributed by atoms with van der Waals surface area (Å²) in [6.07, 6.45) is -3.79. The molecule has 0 saturated carbocycles. The van der Waals surface area contributed by atoms with Crippen LogP contribution in [-0.4, -0.2) is 32.6 Å². The van der Waals surface area contributed by atoms with Gasteiger partial charge in [0.1, 0.15) is 0 Å². The van der Waals surface area contributed by atoms with E-state index in [0.717, 1.165) is 5.56 Å². The molecule has 0 amide bonds. The van der Waals surface area contributed by atoms with Crippen LogP contribution in [0.5, 0.6) is 0 Å². The highest BCUT2D eigenvalue weighted by Crippen LogP contribution is 2.25. The molecule has 8 heteroatoms. The molecule has 0 aliphatic carbocycles. The second-order valence-electron chi connectivity index (χ2n) is 4.55. The van der Waals surface area contributed by atoms with Crippen LogP contribution in [0.2, 0.25) is 0 Å². The van der Waals surface area contributed by atoms with Crippen LogP contribution in [0.25, 0.3) is 0 Å². The number of nitrogens with two attached hydrogens (primary N) is 1. The molecule has 0 radical (unpaired) electrons. The number of sulfonamides is 1. The molecular formula is C11H13F3N2O2S. The highest BCUT2D eigenvalue weighted by Gasteiger charge is 2.32. The molecular weight excluding hydrogens is 281 g/mol. The maximum absolute atomic E-state index is 12.3. The zero-order valence-corrected chi connectivity index (χ0v) is 10.8. The van der Waals surface area contributed by atoms with Crippen molar-refractivity contribution in [1.82, 2.24) is 4.90 Å². The summed E-state index contributed by atoms with van der Waals surface area (Å²) in [5, 5.41) is 5.00. The highest BCUT2D eigenvalue weighted by molar-refractivity contribution is 7.89. The van der Waals surface area contributed by atoms with Crippen molar-refractivity contribution >= 4 is 10.0 Å². The summed E-state index contributed by atoms with van der Waals surface area (Å²) in [7, 11) is -3.83. The minimum atomic E-state index is -4.25. The average molecular weight is 294 g/mol.